The van der Waals surface area contributed by atoms with Crippen LogP contribution in [0.25, 0.3) is 21.8 Å². The Labute approximate surface area is 517 Å². The summed E-state index contributed by atoms with van der Waals surface area (Å²) in [6.07, 6.45) is 9.83. The van der Waals surface area contributed by atoms with Crippen LogP contribution >= 0.6 is 0 Å². The zero-order valence-corrected chi connectivity index (χ0v) is 51.3. The predicted molar refractivity (Wildman–Crippen MR) is 323 cm³/mol. The number of hydrogen-bond acceptors (Lipinski definition) is 20. The molecule has 3 aliphatic heterocycles. The quantitative estimate of drug-likeness (QED) is 0.0512. The molecule has 8 fully saturated rings. The van der Waals surface area contributed by atoms with Gasteiger partial charge in [0.15, 0.2) is 35.8 Å². The molecule has 482 valence electrons. The maximum atomic E-state index is 16.4. The molecule has 13 rings (SSSR count). The average Bonchev–Trinajstić information content (AvgIpc) is 1.42. The van der Waals surface area contributed by atoms with Crippen molar-refractivity contribution in [1.29, 1.82) is 0 Å². The molecule has 10 atom stereocenters. The largest absolute Gasteiger partial charge is 0.492 e. The monoisotopic (exact) mass is 1250 g/mol. The summed E-state index contributed by atoms with van der Waals surface area (Å²) < 4.78 is 76.6. The fraction of sp³-hybridized carbons (Fsp3) is 0.591. The van der Waals surface area contributed by atoms with Gasteiger partial charge in [-0.2, -0.15) is 0 Å². The summed E-state index contributed by atoms with van der Waals surface area (Å²) >= 11 is 0. The van der Waals surface area contributed by atoms with Crippen molar-refractivity contribution >= 4 is 62.8 Å². The number of aromatic nitrogens is 2. The number of Topliss-reactive ketones (excluding diaryl/α,β-unsaturated/α-hetero) is 1. The van der Waals surface area contributed by atoms with Gasteiger partial charge in [-0.05, 0) is 95.6 Å². The van der Waals surface area contributed by atoms with E-state index in [9.17, 15) is 43.8 Å². The minimum absolute atomic E-state index is 0.0364. The molecule has 0 radical (unpaired) electrons. The number of halogens is 2. The van der Waals surface area contributed by atoms with Gasteiger partial charge in [0, 0.05) is 92.6 Å². The number of pyridine rings is 2. The minimum atomic E-state index is -1.62. The molecule has 2 aromatic carbocycles. The standard InChI is InChI=1S/C66H78F2N6O16/c1-34-26-71(20-18-69-34)56-47(67)23-42-54(60(56)84-4)73(37-7-8-37)28-44(58(42)80)62(82)87-30-40(31-88-63(83)45-29-74(38-9-10-38)55-43(59(45)81)24-48(68)57(61(55)85-5)72-21-19-70-35(2)27-72)90-52(79)13-12-51(78)86-32-50(77)66-17-15-46-41-11-6-36-22-39(75)14-16-64(36,3)53(41)49(76)25-65(46,66)33-89-66/h14,16,22-24,28-29,34-35,37-41,46,49,53,69-70,75-76H,6-13,15,17-21,25-27,30-33H2,1-5H3. The highest BCUT2D eigenvalue weighted by Crippen LogP contribution is 2.71. The molecule has 4 N–H and O–H groups in total. The van der Waals surface area contributed by atoms with Crippen LogP contribution in [-0.4, -0.2) is 165 Å². The molecule has 90 heavy (non-hydrogen) atoms. The molecule has 22 nitrogen and oxygen atoms in total. The molecule has 0 amide bonds. The van der Waals surface area contributed by atoms with E-state index in [0.717, 1.165) is 30.5 Å². The Morgan fingerprint density at radius 3 is 1.80 bits per heavy atom. The normalized spacial score (nSPS) is 29.6. The van der Waals surface area contributed by atoms with Crippen LogP contribution < -0.4 is 40.8 Å². The number of fused-ring (bicyclic) bond motifs is 6. The maximum Gasteiger partial charge on any atom is 0.343 e. The van der Waals surface area contributed by atoms with Crippen molar-refractivity contribution in [3.8, 4) is 11.5 Å². The van der Waals surface area contributed by atoms with Crippen molar-refractivity contribution in [3.63, 3.8) is 0 Å². The molecule has 10 unspecified atom stereocenters. The van der Waals surface area contributed by atoms with E-state index in [0.29, 0.717) is 95.2 Å². The summed E-state index contributed by atoms with van der Waals surface area (Å²) in [6.45, 7) is 7.09. The summed E-state index contributed by atoms with van der Waals surface area (Å²) in [7, 11) is 2.78. The molecule has 3 saturated heterocycles. The van der Waals surface area contributed by atoms with Gasteiger partial charge in [0.05, 0.1) is 67.7 Å². The third-order valence-electron chi connectivity index (χ3n) is 20.9. The number of benzene rings is 2. The number of carbonyl (C=O) groups is 5. The van der Waals surface area contributed by atoms with Crippen molar-refractivity contribution in [3.05, 3.63) is 91.5 Å². The summed E-state index contributed by atoms with van der Waals surface area (Å²) in [6, 6.07) is 1.92. The Balaban J connectivity index is 0.723. The number of aliphatic hydroxyl groups excluding tert-OH is 2. The van der Waals surface area contributed by atoms with Crippen LogP contribution in [-0.2, 0) is 38.1 Å². The van der Waals surface area contributed by atoms with E-state index in [4.69, 9.17) is 33.2 Å². The van der Waals surface area contributed by atoms with Crippen LogP contribution in [0.5, 0.6) is 11.5 Å². The molecule has 1 spiro atoms. The van der Waals surface area contributed by atoms with Gasteiger partial charge in [-0.1, -0.05) is 30.7 Å². The molecular weight excluding hydrogens is 1170 g/mol. The van der Waals surface area contributed by atoms with Crippen LogP contribution in [0, 0.1) is 40.2 Å². The van der Waals surface area contributed by atoms with Gasteiger partial charge in [0.25, 0.3) is 0 Å². The molecule has 24 heteroatoms. The number of anilines is 2. The second-order valence-corrected chi connectivity index (χ2v) is 26.5. The number of nitrogens with zero attached hydrogens (tertiary/aromatic N) is 4. The number of carbonyl (C=O) groups excluding carboxylic acids is 5. The summed E-state index contributed by atoms with van der Waals surface area (Å²) in [5, 5.41) is 28.7. The molecule has 5 saturated carbocycles. The zero-order chi connectivity index (χ0) is 63.3. The Hall–Kier alpha value is -7.25. The highest BCUT2D eigenvalue weighted by molar-refractivity contribution is 5.99. The fourth-order valence-electron chi connectivity index (χ4n) is 16.5. The predicted octanol–water partition coefficient (Wildman–Crippen LogP) is 5.52. The van der Waals surface area contributed by atoms with E-state index in [1.807, 2.05) is 35.8 Å². The number of ketones is 1. The third-order valence-corrected chi connectivity index (χ3v) is 20.9. The second-order valence-electron chi connectivity index (χ2n) is 26.5. The van der Waals surface area contributed by atoms with Crippen LogP contribution in [0.1, 0.15) is 124 Å². The molecular formula is C66H78F2N6O16. The summed E-state index contributed by atoms with van der Waals surface area (Å²) in [5.74, 6) is -5.89. The van der Waals surface area contributed by atoms with Gasteiger partial charge in [-0.3, -0.25) is 24.0 Å². The Morgan fingerprint density at radius 2 is 1.30 bits per heavy atom. The van der Waals surface area contributed by atoms with Crippen LogP contribution in [0.3, 0.4) is 0 Å². The fourth-order valence-corrected chi connectivity index (χ4v) is 16.5. The van der Waals surface area contributed by atoms with E-state index in [1.54, 1.807) is 15.2 Å². The average molecular weight is 1250 g/mol. The maximum absolute atomic E-state index is 16.4. The second kappa shape index (κ2) is 23.8. The molecule has 5 heterocycles. The lowest BCUT2D eigenvalue weighted by atomic mass is 9.45. The van der Waals surface area contributed by atoms with Gasteiger partial charge in [-0.15, -0.1) is 0 Å². The summed E-state index contributed by atoms with van der Waals surface area (Å²) in [4.78, 5) is 102. The van der Waals surface area contributed by atoms with Crippen molar-refractivity contribution < 1.29 is 76.1 Å². The number of esters is 4. The lowest BCUT2D eigenvalue weighted by Gasteiger charge is -2.65. The number of rotatable bonds is 19. The summed E-state index contributed by atoms with van der Waals surface area (Å²) in [5.41, 5.74) is -2.93. The van der Waals surface area contributed by atoms with Crippen molar-refractivity contribution in [2.45, 2.75) is 139 Å². The van der Waals surface area contributed by atoms with E-state index in [1.165, 1.54) is 26.6 Å². The van der Waals surface area contributed by atoms with Gasteiger partial charge >= 0.3 is 23.9 Å². The first-order chi connectivity index (χ1) is 43.2. The Morgan fingerprint density at radius 1 is 0.756 bits per heavy atom. The van der Waals surface area contributed by atoms with Crippen molar-refractivity contribution in [2.75, 3.05) is 89.7 Å². The number of hydrogen-bond donors (Lipinski definition) is 4. The smallest absolute Gasteiger partial charge is 0.343 e. The number of aliphatic hydroxyl groups is 2. The number of methoxy groups -OCH3 is 2. The first-order valence-electron chi connectivity index (χ1n) is 31.7. The zero-order valence-electron chi connectivity index (χ0n) is 51.3. The van der Waals surface area contributed by atoms with Gasteiger partial charge < -0.3 is 72.9 Å². The Kier molecular flexibility index (Phi) is 16.3. The van der Waals surface area contributed by atoms with Crippen LogP contribution in [0.4, 0.5) is 20.2 Å². The number of allylic oxidation sites excluding steroid dienone is 2. The molecule has 6 aliphatic carbocycles. The lowest BCUT2D eigenvalue weighted by Crippen LogP contribution is -2.71. The van der Waals surface area contributed by atoms with E-state index in [2.05, 4.69) is 17.6 Å². The van der Waals surface area contributed by atoms with Crippen LogP contribution in [0.15, 0.2) is 57.9 Å². The molecule has 0 bridgehead atoms. The number of ether oxygens (including phenoxy) is 7. The molecule has 9 aliphatic rings. The van der Waals surface area contributed by atoms with E-state index < -0.39 is 131 Å². The van der Waals surface area contributed by atoms with Crippen LogP contribution in [0.2, 0.25) is 0 Å². The van der Waals surface area contributed by atoms with Crippen molar-refractivity contribution in [1.82, 2.24) is 19.8 Å². The number of piperazine rings is 2. The topological polar surface area (TPSA) is 265 Å². The first-order valence-corrected chi connectivity index (χ1v) is 31.7. The molecule has 4 aromatic rings. The SMILES string of the molecule is COc1c(N2CCNC(C)C2)c(F)cc2c(=O)c(C(=O)OCC(COC(=O)c3cn(C4CC4)c4c(OC)c(N5CCNC(C)C5)c(F)cc4c3=O)OC(=O)CCC(=O)OCC(=O)C34CCC5C6CCC7=CC(O)C=CC7(C)C6C(O)CC53CO4)cn(C3CC3)c12. The lowest BCUT2D eigenvalue weighted by molar-refractivity contribution is -0.287. The first kappa shape index (κ1) is 61.6. The highest BCUT2D eigenvalue weighted by atomic mass is 19.1. The van der Waals surface area contributed by atoms with Crippen molar-refractivity contribution in [2.24, 2.45) is 28.6 Å². The molecule has 2 aromatic heterocycles. The third kappa shape index (κ3) is 10.5. The minimum Gasteiger partial charge on any atom is -0.492 e. The number of nitrogens with one attached hydrogen (secondary N) is 2. The Bertz CT molecular complexity index is 3640. The van der Waals surface area contributed by atoms with E-state index in [-0.39, 0.29) is 82.2 Å². The highest BCUT2D eigenvalue weighted by Gasteiger charge is 2.76. The van der Waals surface area contributed by atoms with Gasteiger partial charge in [-0.25, -0.2) is 18.4 Å². The van der Waals surface area contributed by atoms with Gasteiger partial charge in [0.1, 0.15) is 41.3 Å². The van der Waals surface area contributed by atoms with Gasteiger partial charge in [0.2, 0.25) is 16.6 Å². The van der Waals surface area contributed by atoms with E-state index >= 15 is 8.78 Å².